The lowest BCUT2D eigenvalue weighted by molar-refractivity contribution is 0.0216. The molecule has 0 aliphatic heterocycles. The zero-order valence-electron chi connectivity index (χ0n) is 9.65. The summed E-state index contributed by atoms with van der Waals surface area (Å²) in [4.78, 5) is 7.63. The van der Waals surface area contributed by atoms with Crippen molar-refractivity contribution >= 4 is 10.0 Å². The summed E-state index contributed by atoms with van der Waals surface area (Å²) in [5.74, 6) is 0. The molecule has 4 nitrogen and oxygen atoms in total. The fraction of sp³-hybridized carbons (Fsp3) is 1.00. The van der Waals surface area contributed by atoms with Crippen LogP contribution in [0, 0.1) is 0 Å². The minimum absolute atomic E-state index is 0.0957. The molecule has 0 amide bonds. The molecule has 0 saturated heterocycles. The first-order valence-corrected chi connectivity index (χ1v) is 7.89. The Bertz CT molecular complexity index is 303. The Kier molecular flexibility index (Phi) is 4.21. The average molecular weight is 247 g/mol. The van der Waals surface area contributed by atoms with Crippen molar-refractivity contribution in [3.05, 3.63) is 0 Å². The van der Waals surface area contributed by atoms with Crippen LogP contribution < -0.4 is 4.89 Å². The third-order valence-corrected chi connectivity index (χ3v) is 5.30. The van der Waals surface area contributed by atoms with E-state index in [-0.39, 0.29) is 11.4 Å². The largest absolute Gasteiger partial charge is 0.284 e. The van der Waals surface area contributed by atoms with Crippen LogP contribution in [0.5, 0.6) is 0 Å². The molecule has 0 bridgehead atoms. The van der Waals surface area contributed by atoms with E-state index in [9.17, 15) is 8.42 Å². The van der Waals surface area contributed by atoms with Crippen LogP contribution in [0.1, 0.15) is 57.8 Å². The molecule has 0 spiro atoms. The molecule has 0 aromatic carbocycles. The van der Waals surface area contributed by atoms with Gasteiger partial charge in [0.2, 0.25) is 10.0 Å². The van der Waals surface area contributed by atoms with Crippen molar-refractivity contribution in [1.82, 2.24) is 4.89 Å². The summed E-state index contributed by atoms with van der Waals surface area (Å²) in [6.07, 6.45) is 9.12. The summed E-state index contributed by atoms with van der Waals surface area (Å²) in [5.41, 5.74) is 0. The first kappa shape index (κ1) is 12.3. The van der Waals surface area contributed by atoms with Crippen molar-refractivity contribution in [3.8, 4) is 0 Å². The van der Waals surface area contributed by atoms with Gasteiger partial charge in [0, 0.05) is 0 Å². The van der Waals surface area contributed by atoms with Gasteiger partial charge in [-0.05, 0) is 25.7 Å². The van der Waals surface area contributed by atoms with Crippen LogP contribution in [0.4, 0.5) is 0 Å². The van der Waals surface area contributed by atoms with Gasteiger partial charge >= 0.3 is 0 Å². The Labute approximate surface area is 97.8 Å². The summed E-state index contributed by atoms with van der Waals surface area (Å²) >= 11 is 0. The molecule has 5 heteroatoms. The van der Waals surface area contributed by atoms with Gasteiger partial charge in [0.15, 0.2) is 0 Å². The first-order valence-electron chi connectivity index (χ1n) is 6.35. The Balaban J connectivity index is 1.81. The van der Waals surface area contributed by atoms with Crippen LogP contribution in [-0.4, -0.2) is 19.8 Å². The molecule has 1 N–H and O–H groups in total. The minimum atomic E-state index is -3.24. The Morgan fingerprint density at radius 1 is 0.875 bits per heavy atom. The third-order valence-electron chi connectivity index (χ3n) is 3.62. The van der Waals surface area contributed by atoms with E-state index in [2.05, 4.69) is 4.89 Å². The van der Waals surface area contributed by atoms with Gasteiger partial charge in [-0.25, -0.2) is 8.42 Å². The second-order valence-electron chi connectivity index (χ2n) is 4.91. The van der Waals surface area contributed by atoms with E-state index in [0.717, 1.165) is 57.8 Å². The highest BCUT2D eigenvalue weighted by atomic mass is 32.2. The highest BCUT2D eigenvalue weighted by Crippen LogP contribution is 2.24. The van der Waals surface area contributed by atoms with E-state index in [0.29, 0.717) is 0 Å². The maximum Gasteiger partial charge on any atom is 0.236 e. The fourth-order valence-electron chi connectivity index (χ4n) is 2.58. The van der Waals surface area contributed by atoms with Gasteiger partial charge in [0.05, 0.1) is 11.4 Å². The summed E-state index contributed by atoms with van der Waals surface area (Å²) in [6.45, 7) is 0. The molecule has 2 aliphatic rings. The second kappa shape index (κ2) is 5.47. The molecule has 0 heterocycles. The van der Waals surface area contributed by atoms with E-state index in [1.54, 1.807) is 0 Å². The molecule has 2 fully saturated rings. The van der Waals surface area contributed by atoms with E-state index < -0.39 is 10.0 Å². The lowest BCUT2D eigenvalue weighted by atomic mass is 10.0. The number of sulfonamides is 1. The maximum atomic E-state index is 11.9. The lowest BCUT2D eigenvalue weighted by Gasteiger charge is -2.22. The van der Waals surface area contributed by atoms with Crippen LogP contribution in [-0.2, 0) is 14.9 Å². The van der Waals surface area contributed by atoms with Crippen LogP contribution >= 0.6 is 0 Å². The van der Waals surface area contributed by atoms with Gasteiger partial charge in [0.1, 0.15) is 0 Å². The lowest BCUT2D eigenvalue weighted by Crippen LogP contribution is -2.37. The molecule has 94 valence electrons. The summed E-state index contributed by atoms with van der Waals surface area (Å²) in [6, 6.07) is 0. The van der Waals surface area contributed by atoms with Crippen LogP contribution in [0.25, 0.3) is 0 Å². The van der Waals surface area contributed by atoms with Gasteiger partial charge in [-0.15, -0.1) is 0 Å². The zero-order chi connectivity index (χ0) is 11.4. The number of nitrogens with one attached hydrogen (secondary N) is 1. The first-order chi connectivity index (χ1) is 7.68. The molecule has 2 saturated carbocycles. The standard InChI is InChI=1S/C11H21NO3S/c13-16(14,11-8-2-1-3-9-11)12-15-10-6-4-5-7-10/h10-12H,1-9H2. The van der Waals surface area contributed by atoms with Crippen molar-refractivity contribution in [2.75, 3.05) is 0 Å². The molecule has 0 unspecified atom stereocenters. The number of hydrogen-bond acceptors (Lipinski definition) is 3. The predicted octanol–water partition coefficient (Wildman–Crippen LogP) is 2.11. The van der Waals surface area contributed by atoms with Gasteiger partial charge in [-0.2, -0.15) is 0 Å². The minimum Gasteiger partial charge on any atom is -0.284 e. The van der Waals surface area contributed by atoms with Gasteiger partial charge in [-0.3, -0.25) is 4.84 Å². The normalized spacial score (nSPS) is 25.0. The molecule has 0 aromatic rings. The van der Waals surface area contributed by atoms with Gasteiger partial charge in [0.25, 0.3) is 0 Å². The Morgan fingerprint density at radius 2 is 1.44 bits per heavy atom. The van der Waals surface area contributed by atoms with Crippen LogP contribution in [0.3, 0.4) is 0 Å². The van der Waals surface area contributed by atoms with Gasteiger partial charge < -0.3 is 0 Å². The monoisotopic (exact) mass is 247 g/mol. The van der Waals surface area contributed by atoms with Crippen LogP contribution in [0.15, 0.2) is 0 Å². The second-order valence-corrected chi connectivity index (χ2v) is 6.84. The zero-order valence-corrected chi connectivity index (χ0v) is 10.5. The Morgan fingerprint density at radius 3 is 2.06 bits per heavy atom. The molecule has 2 aliphatic carbocycles. The van der Waals surface area contributed by atoms with Gasteiger partial charge in [-0.1, -0.05) is 37.0 Å². The third kappa shape index (κ3) is 3.18. The summed E-state index contributed by atoms with van der Waals surface area (Å²) in [5, 5.41) is -0.234. The predicted molar refractivity (Wildman–Crippen MR) is 62.3 cm³/mol. The molecule has 0 aromatic heterocycles. The number of hydrogen-bond donors (Lipinski definition) is 1. The van der Waals surface area contributed by atoms with Crippen molar-refractivity contribution in [1.29, 1.82) is 0 Å². The van der Waals surface area contributed by atoms with Crippen molar-refractivity contribution < 1.29 is 13.3 Å². The molecular weight excluding hydrogens is 226 g/mol. The summed E-state index contributed by atoms with van der Waals surface area (Å²) < 4.78 is 23.8. The topological polar surface area (TPSA) is 55.4 Å². The molecule has 16 heavy (non-hydrogen) atoms. The number of rotatable bonds is 4. The van der Waals surface area contributed by atoms with Crippen molar-refractivity contribution in [2.24, 2.45) is 0 Å². The van der Waals surface area contributed by atoms with E-state index >= 15 is 0 Å². The molecule has 0 atom stereocenters. The summed E-state index contributed by atoms with van der Waals surface area (Å²) in [7, 11) is -3.24. The van der Waals surface area contributed by atoms with Crippen LogP contribution in [0.2, 0.25) is 0 Å². The molecule has 0 radical (unpaired) electrons. The average Bonchev–Trinajstić information content (AvgIpc) is 2.81. The molecule has 2 rings (SSSR count). The molecular formula is C11H21NO3S. The van der Waals surface area contributed by atoms with E-state index in [1.807, 2.05) is 0 Å². The van der Waals surface area contributed by atoms with E-state index in [4.69, 9.17) is 4.84 Å². The fourth-order valence-corrected chi connectivity index (χ4v) is 3.95. The maximum absolute atomic E-state index is 11.9. The van der Waals surface area contributed by atoms with E-state index in [1.165, 1.54) is 0 Å². The highest BCUT2D eigenvalue weighted by molar-refractivity contribution is 7.89. The van der Waals surface area contributed by atoms with Crippen molar-refractivity contribution in [3.63, 3.8) is 0 Å². The SMILES string of the molecule is O=S(=O)(NOC1CCCC1)C1CCCCC1. The Hall–Kier alpha value is -0.130. The quantitative estimate of drug-likeness (QED) is 0.774. The smallest absolute Gasteiger partial charge is 0.236 e. The highest BCUT2D eigenvalue weighted by Gasteiger charge is 2.28. The van der Waals surface area contributed by atoms with Crippen molar-refractivity contribution in [2.45, 2.75) is 69.1 Å².